The Kier molecular flexibility index (Phi) is 6.37. The Hall–Kier alpha value is -3.40. The van der Waals surface area contributed by atoms with Crippen molar-refractivity contribution in [2.75, 3.05) is 32.1 Å². The second-order valence-corrected chi connectivity index (χ2v) is 8.84. The van der Waals surface area contributed by atoms with Crippen molar-refractivity contribution in [1.29, 1.82) is 0 Å². The van der Waals surface area contributed by atoms with Crippen LogP contribution in [0.5, 0.6) is 0 Å². The van der Waals surface area contributed by atoms with E-state index in [0.29, 0.717) is 25.6 Å². The molecule has 33 heavy (non-hydrogen) atoms. The monoisotopic (exact) mass is 454 g/mol. The molecule has 1 fully saturated rings. The number of rotatable bonds is 5. The van der Waals surface area contributed by atoms with E-state index in [1.165, 1.54) is 7.11 Å². The third kappa shape index (κ3) is 4.56. The molecule has 0 spiro atoms. The molecule has 176 valence electrons. The first-order chi connectivity index (χ1) is 15.8. The topological polar surface area (TPSA) is 120 Å². The van der Waals surface area contributed by atoms with Gasteiger partial charge in [-0.3, -0.25) is 0 Å². The Bertz CT molecular complexity index is 1020. The molecule has 3 N–H and O–H groups in total. The number of fused-ring (bicyclic) bond motifs is 1. The summed E-state index contributed by atoms with van der Waals surface area (Å²) in [5.41, 5.74) is 1.89. The molecule has 10 nitrogen and oxygen atoms in total. The van der Waals surface area contributed by atoms with Gasteiger partial charge in [-0.2, -0.15) is 0 Å². The first-order valence-electron chi connectivity index (χ1n) is 11.0. The Labute approximate surface area is 193 Å². The number of carbonyl (C=O) groups is 2. The highest BCUT2D eigenvalue weighted by Gasteiger charge is 2.42. The average Bonchev–Trinajstić information content (AvgIpc) is 3.39. The zero-order chi connectivity index (χ0) is 23.6. The number of hydrogen-bond donors (Lipinski definition) is 3. The summed E-state index contributed by atoms with van der Waals surface area (Å²) in [7, 11) is 1.37. The lowest BCUT2D eigenvalue weighted by Crippen LogP contribution is -2.47. The van der Waals surface area contributed by atoms with Gasteiger partial charge in [0.1, 0.15) is 0 Å². The molecule has 4 rings (SSSR count). The summed E-state index contributed by atoms with van der Waals surface area (Å²) >= 11 is 0. The molecule has 0 radical (unpaired) electrons. The van der Waals surface area contributed by atoms with Gasteiger partial charge in [-0.05, 0) is 25.8 Å². The lowest BCUT2D eigenvalue weighted by atomic mass is 9.97. The summed E-state index contributed by atoms with van der Waals surface area (Å²) in [5, 5.41) is 16.0. The molecule has 0 unspecified atom stereocenters. The van der Waals surface area contributed by atoms with Crippen LogP contribution in [0.2, 0.25) is 0 Å². The first kappa shape index (κ1) is 22.8. The number of nitrogens with one attached hydrogen (secondary N) is 2. The van der Waals surface area contributed by atoms with Crippen LogP contribution in [-0.4, -0.2) is 69.8 Å². The molecule has 3 heterocycles. The van der Waals surface area contributed by atoms with Gasteiger partial charge in [0.2, 0.25) is 5.95 Å². The zero-order valence-corrected chi connectivity index (χ0v) is 19.1. The van der Waals surface area contributed by atoms with Crippen LogP contribution in [0.4, 0.5) is 15.5 Å². The number of anilines is 1. The molecule has 1 aromatic heterocycles. The van der Waals surface area contributed by atoms with E-state index in [9.17, 15) is 14.7 Å². The molecule has 0 aliphatic carbocycles. The minimum Gasteiger partial charge on any atom is -0.453 e. The van der Waals surface area contributed by atoms with Gasteiger partial charge in [-0.25, -0.2) is 19.6 Å². The van der Waals surface area contributed by atoms with Crippen LogP contribution in [0.25, 0.3) is 0 Å². The summed E-state index contributed by atoms with van der Waals surface area (Å²) in [4.78, 5) is 37.3. The number of nitrogens with zero attached hydrogens (tertiary/aromatic N) is 4. The first-order valence-corrected chi connectivity index (χ1v) is 11.0. The lowest BCUT2D eigenvalue weighted by Gasteiger charge is -2.33. The highest BCUT2D eigenvalue weighted by molar-refractivity contribution is 5.77. The number of hydrogen-bond acceptors (Lipinski definition) is 7. The molecule has 1 saturated heterocycles. The van der Waals surface area contributed by atoms with Gasteiger partial charge in [0, 0.05) is 30.9 Å². The van der Waals surface area contributed by atoms with Crippen molar-refractivity contribution in [3.05, 3.63) is 53.3 Å². The van der Waals surface area contributed by atoms with Crippen molar-refractivity contribution in [3.8, 4) is 0 Å². The van der Waals surface area contributed by atoms with E-state index >= 15 is 0 Å². The standard InChI is InChI=1S/C23H30N6O4/c1-23(2)17-11-24-20(25-16-9-10-28(12-16)22(32)33-3)26-18(17)13-29(23)21(31)27-19(14-30)15-7-5-4-6-8-15/h4-8,11,16,19,30H,9-10,12-14H2,1-3H3,(H,27,31)(H,24,25,26)/t16-,19+/m0/s1. The van der Waals surface area contributed by atoms with Crippen molar-refractivity contribution in [2.24, 2.45) is 0 Å². The van der Waals surface area contributed by atoms with Crippen molar-refractivity contribution in [3.63, 3.8) is 0 Å². The maximum Gasteiger partial charge on any atom is 0.409 e. The molecule has 0 bridgehead atoms. The van der Waals surface area contributed by atoms with Crippen molar-refractivity contribution < 1.29 is 19.4 Å². The van der Waals surface area contributed by atoms with Gasteiger partial charge in [0.05, 0.1) is 37.5 Å². The number of ether oxygens (including phenoxy) is 1. The van der Waals surface area contributed by atoms with E-state index in [0.717, 1.165) is 23.2 Å². The fourth-order valence-electron chi connectivity index (χ4n) is 4.44. The van der Waals surface area contributed by atoms with E-state index < -0.39 is 11.6 Å². The minimum absolute atomic E-state index is 0.0344. The van der Waals surface area contributed by atoms with E-state index in [4.69, 9.17) is 4.74 Å². The average molecular weight is 455 g/mol. The molecule has 2 aliphatic rings. The van der Waals surface area contributed by atoms with Crippen LogP contribution >= 0.6 is 0 Å². The molecular formula is C23H30N6O4. The maximum absolute atomic E-state index is 13.2. The van der Waals surface area contributed by atoms with Crippen LogP contribution in [0, 0.1) is 0 Å². The Morgan fingerprint density at radius 2 is 2.06 bits per heavy atom. The quantitative estimate of drug-likeness (QED) is 0.634. The number of benzene rings is 1. The largest absolute Gasteiger partial charge is 0.453 e. The molecule has 2 aliphatic heterocycles. The van der Waals surface area contributed by atoms with Gasteiger partial charge in [0.15, 0.2) is 0 Å². The second kappa shape index (κ2) is 9.22. The van der Waals surface area contributed by atoms with E-state index in [-0.39, 0.29) is 24.8 Å². The third-order valence-corrected chi connectivity index (χ3v) is 6.39. The van der Waals surface area contributed by atoms with Crippen LogP contribution in [0.15, 0.2) is 36.5 Å². The highest BCUT2D eigenvalue weighted by atomic mass is 16.5. The Balaban J connectivity index is 1.44. The number of aliphatic hydroxyl groups excluding tert-OH is 1. The summed E-state index contributed by atoms with van der Waals surface area (Å²) in [6.45, 7) is 5.18. The number of likely N-dealkylation sites (tertiary alicyclic amines) is 1. The lowest BCUT2D eigenvalue weighted by molar-refractivity contribution is 0.132. The number of carbonyl (C=O) groups excluding carboxylic acids is 2. The minimum atomic E-state index is -0.607. The van der Waals surface area contributed by atoms with Crippen molar-refractivity contribution in [2.45, 2.75) is 44.4 Å². The van der Waals surface area contributed by atoms with Crippen LogP contribution in [0.3, 0.4) is 0 Å². The van der Waals surface area contributed by atoms with Crippen LogP contribution < -0.4 is 10.6 Å². The molecule has 2 aromatic rings. The number of methoxy groups -OCH3 is 1. The van der Waals surface area contributed by atoms with E-state index in [2.05, 4.69) is 20.6 Å². The predicted molar refractivity (Wildman–Crippen MR) is 121 cm³/mol. The number of aromatic nitrogens is 2. The highest BCUT2D eigenvalue weighted by Crippen LogP contribution is 2.38. The van der Waals surface area contributed by atoms with E-state index in [1.54, 1.807) is 16.0 Å². The van der Waals surface area contributed by atoms with Crippen molar-refractivity contribution in [1.82, 2.24) is 25.1 Å². The Morgan fingerprint density at radius 1 is 1.30 bits per heavy atom. The molecule has 2 atom stereocenters. The molecular weight excluding hydrogens is 424 g/mol. The molecule has 0 saturated carbocycles. The normalized spacial score (nSPS) is 19.7. The summed E-state index contributed by atoms with van der Waals surface area (Å²) in [6, 6.07) is 8.64. The number of aliphatic hydroxyl groups is 1. The molecule has 10 heteroatoms. The van der Waals surface area contributed by atoms with Gasteiger partial charge in [-0.15, -0.1) is 0 Å². The van der Waals surface area contributed by atoms with E-state index in [1.807, 2.05) is 44.2 Å². The van der Waals surface area contributed by atoms with Crippen LogP contribution in [-0.2, 0) is 16.8 Å². The van der Waals surface area contributed by atoms with Gasteiger partial charge in [-0.1, -0.05) is 30.3 Å². The smallest absolute Gasteiger partial charge is 0.409 e. The number of urea groups is 1. The third-order valence-electron chi connectivity index (χ3n) is 6.39. The van der Waals surface area contributed by atoms with Gasteiger partial charge < -0.3 is 30.3 Å². The predicted octanol–water partition coefficient (Wildman–Crippen LogP) is 2.22. The summed E-state index contributed by atoms with van der Waals surface area (Å²) in [6.07, 6.45) is 2.19. The van der Waals surface area contributed by atoms with Crippen molar-refractivity contribution >= 4 is 18.1 Å². The summed E-state index contributed by atoms with van der Waals surface area (Å²) < 4.78 is 4.78. The number of amides is 3. The Morgan fingerprint density at radius 3 is 2.76 bits per heavy atom. The van der Waals surface area contributed by atoms with Gasteiger partial charge in [0.25, 0.3) is 0 Å². The summed E-state index contributed by atoms with van der Waals surface area (Å²) in [5.74, 6) is 0.473. The maximum atomic E-state index is 13.2. The fraction of sp³-hybridized carbons (Fsp3) is 0.478. The zero-order valence-electron chi connectivity index (χ0n) is 19.1. The fourth-order valence-corrected chi connectivity index (χ4v) is 4.44. The van der Waals surface area contributed by atoms with Gasteiger partial charge >= 0.3 is 12.1 Å². The SMILES string of the molecule is COC(=O)N1CC[C@H](Nc2ncc3c(n2)CN(C(=O)N[C@H](CO)c2ccccc2)C3(C)C)C1. The molecule has 3 amide bonds. The second-order valence-electron chi connectivity index (χ2n) is 8.84. The molecule has 1 aromatic carbocycles. The van der Waals surface area contributed by atoms with Crippen LogP contribution in [0.1, 0.15) is 43.1 Å².